The molecule has 0 fully saturated rings. The molecular formula is C25H40O4. The summed E-state index contributed by atoms with van der Waals surface area (Å²) >= 11 is 0. The molecule has 0 aromatic heterocycles. The number of carbonyl (C=O) groups is 2. The molecule has 0 N–H and O–H groups in total. The highest BCUT2D eigenvalue weighted by Crippen LogP contribution is 2.20. The minimum absolute atomic E-state index is 0.289. The van der Waals surface area contributed by atoms with Gasteiger partial charge in [-0.3, -0.25) is 0 Å². The average Bonchev–Trinajstić information content (AvgIpc) is 2.75. The quantitative estimate of drug-likeness (QED) is 0.325. The van der Waals surface area contributed by atoms with Crippen molar-refractivity contribution in [2.75, 3.05) is 13.2 Å². The SMILES string of the molecule is CCCCC(CC)COC(=O)c1ccccc1C(=O)OCC(CC)CC(C)CC. The van der Waals surface area contributed by atoms with Crippen molar-refractivity contribution in [1.82, 2.24) is 0 Å². The van der Waals surface area contributed by atoms with Gasteiger partial charge in [-0.2, -0.15) is 0 Å². The second kappa shape index (κ2) is 14.2. The van der Waals surface area contributed by atoms with Crippen molar-refractivity contribution < 1.29 is 19.1 Å². The average molecular weight is 405 g/mol. The number of benzene rings is 1. The Bertz CT molecular complexity index is 611. The maximum absolute atomic E-state index is 12.7. The Balaban J connectivity index is 2.71. The van der Waals surface area contributed by atoms with E-state index in [0.717, 1.165) is 44.9 Å². The fourth-order valence-corrected chi connectivity index (χ4v) is 3.37. The molecule has 0 bridgehead atoms. The normalized spacial score (nSPS) is 14.1. The highest BCUT2D eigenvalue weighted by Gasteiger charge is 2.21. The Morgan fingerprint density at radius 1 is 0.828 bits per heavy atom. The standard InChI is InChI=1S/C25H40O4/c1-6-10-13-20(8-3)17-28-24(26)22-14-11-12-15-23(22)25(27)29-18-21(9-4)16-19(5)7-2/h11-12,14-15,19-21H,6-10,13,16-18H2,1-5H3. The Hall–Kier alpha value is -1.84. The van der Waals surface area contributed by atoms with Gasteiger partial charge in [-0.1, -0.05) is 78.9 Å². The van der Waals surface area contributed by atoms with Crippen LogP contribution < -0.4 is 0 Å². The molecule has 3 unspecified atom stereocenters. The lowest BCUT2D eigenvalue weighted by Gasteiger charge is -2.19. The third-order valence-corrected chi connectivity index (χ3v) is 5.82. The van der Waals surface area contributed by atoms with E-state index in [9.17, 15) is 9.59 Å². The number of unbranched alkanes of at least 4 members (excludes halogenated alkanes) is 1. The Kier molecular flexibility index (Phi) is 12.3. The van der Waals surface area contributed by atoms with E-state index in [4.69, 9.17) is 9.47 Å². The second-order valence-corrected chi connectivity index (χ2v) is 8.18. The first-order chi connectivity index (χ1) is 14.0. The van der Waals surface area contributed by atoms with E-state index in [-0.39, 0.29) is 11.1 Å². The number of carbonyl (C=O) groups excluding carboxylic acids is 2. The molecule has 4 nitrogen and oxygen atoms in total. The van der Waals surface area contributed by atoms with Gasteiger partial charge in [-0.05, 0) is 42.7 Å². The number of rotatable bonds is 14. The molecule has 1 aromatic rings. The van der Waals surface area contributed by atoms with Crippen LogP contribution in [-0.4, -0.2) is 25.2 Å². The van der Waals surface area contributed by atoms with Crippen molar-refractivity contribution in [3.05, 3.63) is 35.4 Å². The van der Waals surface area contributed by atoms with Crippen LogP contribution in [0.1, 0.15) is 100 Å². The highest BCUT2D eigenvalue weighted by atomic mass is 16.5. The molecule has 0 spiro atoms. The van der Waals surface area contributed by atoms with Gasteiger partial charge in [0, 0.05) is 0 Å². The molecule has 0 saturated carbocycles. The monoisotopic (exact) mass is 404 g/mol. The zero-order valence-electron chi connectivity index (χ0n) is 19.0. The summed E-state index contributed by atoms with van der Waals surface area (Å²) in [5.74, 6) is 0.429. The summed E-state index contributed by atoms with van der Waals surface area (Å²) in [7, 11) is 0. The van der Waals surface area contributed by atoms with E-state index in [1.54, 1.807) is 24.3 Å². The van der Waals surface area contributed by atoms with Crippen LogP contribution in [-0.2, 0) is 9.47 Å². The maximum Gasteiger partial charge on any atom is 0.339 e. The van der Waals surface area contributed by atoms with Crippen molar-refractivity contribution in [2.24, 2.45) is 17.8 Å². The Morgan fingerprint density at radius 3 is 1.79 bits per heavy atom. The molecule has 29 heavy (non-hydrogen) atoms. The summed E-state index contributed by atoms with van der Waals surface area (Å²) in [6.45, 7) is 11.6. The molecule has 0 aliphatic heterocycles. The number of hydrogen-bond acceptors (Lipinski definition) is 4. The topological polar surface area (TPSA) is 52.6 Å². The second-order valence-electron chi connectivity index (χ2n) is 8.18. The van der Waals surface area contributed by atoms with Crippen molar-refractivity contribution in [1.29, 1.82) is 0 Å². The van der Waals surface area contributed by atoms with E-state index in [2.05, 4.69) is 34.6 Å². The van der Waals surface area contributed by atoms with Crippen LogP contribution in [0.2, 0.25) is 0 Å². The van der Waals surface area contributed by atoms with Crippen LogP contribution in [0.15, 0.2) is 24.3 Å². The fourth-order valence-electron chi connectivity index (χ4n) is 3.37. The molecule has 0 heterocycles. The molecular weight excluding hydrogens is 364 g/mol. The van der Waals surface area contributed by atoms with Gasteiger partial charge >= 0.3 is 11.9 Å². The molecule has 0 aliphatic rings. The lowest BCUT2D eigenvalue weighted by Crippen LogP contribution is -2.20. The smallest absolute Gasteiger partial charge is 0.339 e. The van der Waals surface area contributed by atoms with Crippen LogP contribution in [0.4, 0.5) is 0 Å². The highest BCUT2D eigenvalue weighted by molar-refractivity contribution is 6.03. The minimum atomic E-state index is -0.446. The van der Waals surface area contributed by atoms with E-state index in [1.165, 1.54) is 0 Å². The summed E-state index contributed by atoms with van der Waals surface area (Å²) < 4.78 is 11.1. The van der Waals surface area contributed by atoms with Gasteiger partial charge in [0.2, 0.25) is 0 Å². The van der Waals surface area contributed by atoms with Crippen LogP contribution in [0.5, 0.6) is 0 Å². The molecule has 0 amide bonds. The maximum atomic E-state index is 12.7. The van der Waals surface area contributed by atoms with Crippen LogP contribution in [0, 0.1) is 17.8 Å². The van der Waals surface area contributed by atoms with Crippen LogP contribution in [0.3, 0.4) is 0 Å². The first kappa shape index (κ1) is 25.2. The minimum Gasteiger partial charge on any atom is -0.462 e. The van der Waals surface area contributed by atoms with Crippen molar-refractivity contribution in [2.45, 2.75) is 79.6 Å². The van der Waals surface area contributed by atoms with Gasteiger partial charge in [0.1, 0.15) is 0 Å². The lowest BCUT2D eigenvalue weighted by atomic mass is 9.93. The summed E-state index contributed by atoms with van der Waals surface area (Å²) in [6.07, 6.45) is 7.43. The summed E-state index contributed by atoms with van der Waals surface area (Å²) in [6, 6.07) is 6.78. The van der Waals surface area contributed by atoms with Gasteiger partial charge < -0.3 is 9.47 Å². The van der Waals surface area contributed by atoms with Gasteiger partial charge in [0.15, 0.2) is 0 Å². The van der Waals surface area contributed by atoms with Crippen LogP contribution >= 0.6 is 0 Å². The van der Waals surface area contributed by atoms with Crippen molar-refractivity contribution in [3.8, 4) is 0 Å². The molecule has 0 radical (unpaired) electrons. The number of hydrogen-bond donors (Lipinski definition) is 0. The predicted molar refractivity (Wildman–Crippen MR) is 118 cm³/mol. The first-order valence-electron chi connectivity index (χ1n) is 11.4. The van der Waals surface area contributed by atoms with Crippen LogP contribution in [0.25, 0.3) is 0 Å². The predicted octanol–water partition coefficient (Wildman–Crippen LogP) is 6.68. The van der Waals surface area contributed by atoms with Crippen molar-refractivity contribution in [3.63, 3.8) is 0 Å². The van der Waals surface area contributed by atoms with Gasteiger partial charge in [-0.15, -0.1) is 0 Å². The largest absolute Gasteiger partial charge is 0.462 e. The summed E-state index contributed by atoms with van der Waals surface area (Å²) in [4.78, 5) is 25.3. The molecule has 3 atom stereocenters. The van der Waals surface area contributed by atoms with Crippen molar-refractivity contribution >= 4 is 11.9 Å². The Labute approximate surface area is 177 Å². The third-order valence-electron chi connectivity index (χ3n) is 5.82. The molecule has 1 rings (SSSR count). The van der Waals surface area contributed by atoms with Gasteiger partial charge in [0.05, 0.1) is 24.3 Å². The fraction of sp³-hybridized carbons (Fsp3) is 0.680. The molecule has 0 saturated heterocycles. The zero-order chi connectivity index (χ0) is 21.6. The van der Waals surface area contributed by atoms with E-state index >= 15 is 0 Å². The van der Waals surface area contributed by atoms with Gasteiger partial charge in [0.25, 0.3) is 0 Å². The molecule has 0 aliphatic carbocycles. The third kappa shape index (κ3) is 9.01. The zero-order valence-corrected chi connectivity index (χ0v) is 19.0. The van der Waals surface area contributed by atoms with E-state index in [1.807, 2.05) is 0 Å². The molecule has 4 heteroatoms. The summed E-state index contributed by atoms with van der Waals surface area (Å²) in [5, 5.41) is 0. The van der Waals surface area contributed by atoms with E-state index < -0.39 is 11.9 Å². The number of ether oxygens (including phenoxy) is 2. The summed E-state index contributed by atoms with van der Waals surface area (Å²) in [5.41, 5.74) is 0.579. The van der Waals surface area contributed by atoms with E-state index in [0.29, 0.717) is 31.0 Å². The number of esters is 2. The first-order valence-corrected chi connectivity index (χ1v) is 11.4. The molecule has 164 valence electrons. The Morgan fingerprint density at radius 2 is 1.34 bits per heavy atom. The lowest BCUT2D eigenvalue weighted by molar-refractivity contribution is 0.0376. The molecule has 1 aromatic carbocycles. The van der Waals surface area contributed by atoms with Gasteiger partial charge in [-0.25, -0.2) is 9.59 Å².